The molecule has 2 rings (SSSR count). The lowest BCUT2D eigenvalue weighted by Crippen LogP contribution is -2.45. The molecule has 0 aromatic heterocycles. The van der Waals surface area contributed by atoms with E-state index in [0.29, 0.717) is 12.8 Å². The summed E-state index contributed by atoms with van der Waals surface area (Å²) in [6.07, 6.45) is 0.772. The SMILES string of the molecule is CC(C)N(C(=O)COC(=O)C1CCN(S(=O)(=O)c2ccccc2)CC1)C(C)C. The number of ether oxygens (including phenoxy) is 1. The molecule has 1 heterocycles. The maximum Gasteiger partial charge on any atom is 0.309 e. The van der Waals surface area contributed by atoms with Crippen LogP contribution in [-0.4, -0.2) is 61.3 Å². The van der Waals surface area contributed by atoms with Gasteiger partial charge in [0.2, 0.25) is 10.0 Å². The Bertz CT molecular complexity index is 761. The highest BCUT2D eigenvalue weighted by atomic mass is 32.2. The fourth-order valence-electron chi connectivity index (χ4n) is 3.57. The lowest BCUT2D eigenvalue weighted by molar-refractivity contribution is -0.157. The fourth-order valence-corrected chi connectivity index (χ4v) is 5.06. The third-order valence-electron chi connectivity index (χ3n) is 4.91. The van der Waals surface area contributed by atoms with Gasteiger partial charge in [-0.1, -0.05) is 18.2 Å². The van der Waals surface area contributed by atoms with E-state index in [4.69, 9.17) is 4.74 Å². The summed E-state index contributed by atoms with van der Waals surface area (Å²) < 4.78 is 31.9. The Balaban J connectivity index is 1.88. The molecular weight excluding hydrogens is 380 g/mol. The molecule has 1 aromatic rings. The maximum absolute atomic E-state index is 12.6. The molecule has 1 aliphatic heterocycles. The quantitative estimate of drug-likeness (QED) is 0.644. The van der Waals surface area contributed by atoms with Crippen molar-refractivity contribution in [3.8, 4) is 0 Å². The van der Waals surface area contributed by atoms with Crippen molar-refractivity contribution in [2.75, 3.05) is 19.7 Å². The molecule has 156 valence electrons. The zero-order chi connectivity index (χ0) is 20.9. The second-order valence-electron chi connectivity index (χ2n) is 7.59. The van der Waals surface area contributed by atoms with Crippen molar-refractivity contribution >= 4 is 21.9 Å². The first-order valence-corrected chi connectivity index (χ1v) is 11.1. The summed E-state index contributed by atoms with van der Waals surface area (Å²) in [5.74, 6) is -1.04. The summed E-state index contributed by atoms with van der Waals surface area (Å²) in [7, 11) is -3.55. The lowest BCUT2D eigenvalue weighted by atomic mass is 9.98. The second-order valence-corrected chi connectivity index (χ2v) is 9.53. The van der Waals surface area contributed by atoms with E-state index in [9.17, 15) is 18.0 Å². The van der Waals surface area contributed by atoms with Gasteiger partial charge in [0.25, 0.3) is 5.91 Å². The van der Waals surface area contributed by atoms with Crippen molar-refractivity contribution in [1.82, 2.24) is 9.21 Å². The van der Waals surface area contributed by atoms with E-state index in [2.05, 4.69) is 0 Å². The highest BCUT2D eigenvalue weighted by Crippen LogP contribution is 2.24. The highest BCUT2D eigenvalue weighted by Gasteiger charge is 2.33. The van der Waals surface area contributed by atoms with Gasteiger partial charge < -0.3 is 9.64 Å². The Kier molecular flexibility index (Phi) is 7.60. The second kappa shape index (κ2) is 9.52. The predicted molar refractivity (Wildman–Crippen MR) is 106 cm³/mol. The van der Waals surface area contributed by atoms with Gasteiger partial charge >= 0.3 is 5.97 Å². The molecule has 0 saturated carbocycles. The molecule has 0 N–H and O–H groups in total. The maximum atomic E-state index is 12.6. The first kappa shape index (κ1) is 22.4. The van der Waals surface area contributed by atoms with Crippen LogP contribution in [-0.2, 0) is 24.3 Å². The summed E-state index contributed by atoms with van der Waals surface area (Å²) in [4.78, 5) is 26.6. The molecule has 0 atom stereocenters. The standard InChI is InChI=1S/C20H30N2O5S/c1-15(2)22(16(3)4)19(23)14-27-20(24)17-10-12-21(13-11-17)28(25,26)18-8-6-5-7-9-18/h5-9,15-17H,10-14H2,1-4H3. The lowest BCUT2D eigenvalue weighted by Gasteiger charge is -2.32. The molecule has 0 bridgehead atoms. The van der Waals surface area contributed by atoms with Gasteiger partial charge in [-0.15, -0.1) is 0 Å². The molecule has 1 saturated heterocycles. The Hall–Kier alpha value is -1.93. The summed E-state index contributed by atoms with van der Waals surface area (Å²) in [6, 6.07) is 8.32. The number of carbonyl (C=O) groups excluding carboxylic acids is 2. The van der Waals surface area contributed by atoms with Gasteiger partial charge in [0, 0.05) is 25.2 Å². The molecule has 1 amide bonds. The molecule has 0 unspecified atom stereocenters. The number of hydrogen-bond acceptors (Lipinski definition) is 5. The van der Waals surface area contributed by atoms with Crippen LogP contribution in [0.5, 0.6) is 0 Å². The number of benzene rings is 1. The van der Waals surface area contributed by atoms with Gasteiger partial charge in [-0.2, -0.15) is 4.31 Å². The minimum Gasteiger partial charge on any atom is -0.455 e. The molecule has 28 heavy (non-hydrogen) atoms. The Morgan fingerprint density at radius 3 is 2.11 bits per heavy atom. The number of hydrogen-bond donors (Lipinski definition) is 0. The highest BCUT2D eigenvalue weighted by molar-refractivity contribution is 7.89. The third kappa shape index (κ3) is 5.32. The van der Waals surface area contributed by atoms with E-state index in [1.165, 1.54) is 4.31 Å². The third-order valence-corrected chi connectivity index (χ3v) is 6.82. The Morgan fingerprint density at radius 1 is 1.07 bits per heavy atom. The molecule has 8 heteroatoms. The van der Waals surface area contributed by atoms with E-state index < -0.39 is 16.0 Å². The summed E-state index contributed by atoms with van der Waals surface area (Å²) in [5.41, 5.74) is 0. The smallest absolute Gasteiger partial charge is 0.309 e. The molecule has 1 fully saturated rings. The van der Waals surface area contributed by atoms with Crippen LogP contribution in [0.4, 0.5) is 0 Å². The Labute approximate surface area is 167 Å². The predicted octanol–water partition coefficient (Wildman–Crippen LogP) is 2.28. The van der Waals surface area contributed by atoms with Gasteiger partial charge in [-0.25, -0.2) is 8.42 Å². The normalized spacial score (nSPS) is 16.4. The van der Waals surface area contributed by atoms with Gasteiger partial charge in [-0.3, -0.25) is 9.59 Å². The summed E-state index contributed by atoms with van der Waals surface area (Å²) >= 11 is 0. The zero-order valence-electron chi connectivity index (χ0n) is 17.0. The number of rotatable bonds is 7. The minimum atomic E-state index is -3.55. The Morgan fingerprint density at radius 2 is 1.61 bits per heavy atom. The van der Waals surface area contributed by atoms with Gasteiger partial charge in [0.05, 0.1) is 10.8 Å². The van der Waals surface area contributed by atoms with E-state index in [0.717, 1.165) is 0 Å². The van der Waals surface area contributed by atoms with Crippen LogP contribution < -0.4 is 0 Å². The molecule has 1 aliphatic rings. The molecule has 1 aromatic carbocycles. The average molecular weight is 411 g/mol. The first-order valence-electron chi connectivity index (χ1n) is 9.67. The van der Waals surface area contributed by atoms with Gasteiger partial charge in [0.15, 0.2) is 6.61 Å². The fraction of sp³-hybridized carbons (Fsp3) is 0.600. The number of sulfonamides is 1. The average Bonchev–Trinajstić information content (AvgIpc) is 2.66. The number of amides is 1. The molecule has 7 nitrogen and oxygen atoms in total. The minimum absolute atomic E-state index is 0.0256. The van der Waals surface area contributed by atoms with Crippen LogP contribution in [0.25, 0.3) is 0 Å². The number of carbonyl (C=O) groups is 2. The molecule has 0 radical (unpaired) electrons. The number of nitrogens with zero attached hydrogens (tertiary/aromatic N) is 2. The van der Waals surface area contributed by atoms with Crippen LogP contribution in [0, 0.1) is 5.92 Å². The van der Waals surface area contributed by atoms with E-state index in [1.807, 2.05) is 27.7 Å². The number of piperidine rings is 1. The van der Waals surface area contributed by atoms with Crippen molar-refractivity contribution in [2.24, 2.45) is 5.92 Å². The topological polar surface area (TPSA) is 84.0 Å². The van der Waals surface area contributed by atoms with Crippen molar-refractivity contribution in [3.05, 3.63) is 30.3 Å². The molecule has 0 spiro atoms. The van der Waals surface area contributed by atoms with Crippen LogP contribution >= 0.6 is 0 Å². The molecular formula is C20H30N2O5S. The van der Waals surface area contributed by atoms with Crippen LogP contribution in [0.2, 0.25) is 0 Å². The summed E-state index contributed by atoms with van der Waals surface area (Å²) in [5, 5.41) is 0. The van der Waals surface area contributed by atoms with E-state index in [-0.39, 0.29) is 48.5 Å². The monoisotopic (exact) mass is 410 g/mol. The van der Waals surface area contributed by atoms with Crippen LogP contribution in [0.3, 0.4) is 0 Å². The molecule has 0 aliphatic carbocycles. The summed E-state index contributed by atoms with van der Waals surface area (Å²) in [6.45, 7) is 7.91. The first-order chi connectivity index (χ1) is 13.1. The van der Waals surface area contributed by atoms with Crippen molar-refractivity contribution in [3.63, 3.8) is 0 Å². The zero-order valence-corrected chi connectivity index (χ0v) is 17.8. The van der Waals surface area contributed by atoms with Crippen molar-refractivity contribution in [1.29, 1.82) is 0 Å². The largest absolute Gasteiger partial charge is 0.455 e. The van der Waals surface area contributed by atoms with Crippen LogP contribution in [0.15, 0.2) is 35.2 Å². The van der Waals surface area contributed by atoms with E-state index >= 15 is 0 Å². The van der Waals surface area contributed by atoms with Gasteiger partial charge in [0.1, 0.15) is 0 Å². The van der Waals surface area contributed by atoms with E-state index in [1.54, 1.807) is 35.2 Å². The van der Waals surface area contributed by atoms with Crippen molar-refractivity contribution in [2.45, 2.75) is 57.5 Å². The van der Waals surface area contributed by atoms with Crippen LogP contribution in [0.1, 0.15) is 40.5 Å². The van der Waals surface area contributed by atoms with Gasteiger partial charge in [-0.05, 0) is 52.7 Å². The van der Waals surface area contributed by atoms with Crippen molar-refractivity contribution < 1.29 is 22.7 Å². The number of esters is 1.